The van der Waals surface area contributed by atoms with Gasteiger partial charge < -0.3 is 5.11 Å². The number of nitrogens with one attached hydrogen (secondary N) is 1. The van der Waals surface area contributed by atoms with Crippen LogP contribution in [0, 0.1) is 17.1 Å². The maximum absolute atomic E-state index is 14.9. The van der Waals surface area contributed by atoms with Gasteiger partial charge in [-0.05, 0) is 58.4 Å². The number of aliphatic hydroxyl groups excluding tert-OH is 1. The van der Waals surface area contributed by atoms with E-state index < -0.39 is 54.6 Å². The normalized spacial score (nSPS) is 12.1. The molecule has 0 atom stereocenters. The van der Waals surface area contributed by atoms with Crippen molar-refractivity contribution in [3.05, 3.63) is 57.9 Å². The number of carbonyl (C=O) groups is 1. The van der Waals surface area contributed by atoms with E-state index in [9.17, 15) is 36.4 Å². The fourth-order valence-corrected chi connectivity index (χ4v) is 5.45. The highest BCUT2D eigenvalue weighted by atomic mass is 32.2. The molecule has 184 valence electrons. The number of halogens is 1. The molecule has 2 aromatic rings. The molecule has 0 radical (unpaired) electrons. The van der Waals surface area contributed by atoms with E-state index in [1.165, 1.54) is 6.07 Å². The van der Waals surface area contributed by atoms with Crippen molar-refractivity contribution in [3.8, 4) is 6.07 Å². The van der Waals surface area contributed by atoms with Gasteiger partial charge in [0.25, 0.3) is 10.0 Å². The molecule has 1 amide bonds. The van der Waals surface area contributed by atoms with Crippen molar-refractivity contribution in [1.82, 2.24) is 4.72 Å². The number of nitriles is 1. The van der Waals surface area contributed by atoms with Crippen LogP contribution in [0.1, 0.15) is 67.3 Å². The number of nitrogens with zero attached hydrogens (tertiary/aromatic N) is 1. The molecule has 0 heterocycles. The standard InChI is InChI=1S/C22H26FN3O6S2/c1-12(2)17-8-14(10-24)22(23)21(13(3)4)18(17)9-20(28)26-34(31,32)16-5-6-19(33(25,29)30)15(7-16)11-27/h5-8,12-13,27H,9,11H2,1-4H3,(H,26,28)(H2,25,29,30). The summed E-state index contributed by atoms with van der Waals surface area (Å²) in [5.41, 5.74) is 0.603. The summed E-state index contributed by atoms with van der Waals surface area (Å²) in [6.07, 6.45) is -0.467. The van der Waals surface area contributed by atoms with Crippen molar-refractivity contribution in [2.24, 2.45) is 5.14 Å². The molecule has 0 spiro atoms. The summed E-state index contributed by atoms with van der Waals surface area (Å²) < 4.78 is 65.5. The molecule has 0 bridgehead atoms. The molecule has 0 aliphatic heterocycles. The fraction of sp³-hybridized carbons (Fsp3) is 0.364. The smallest absolute Gasteiger partial charge is 0.264 e. The van der Waals surface area contributed by atoms with Gasteiger partial charge in [0, 0.05) is 0 Å². The van der Waals surface area contributed by atoms with E-state index in [1.807, 2.05) is 10.8 Å². The summed E-state index contributed by atoms with van der Waals surface area (Å²) >= 11 is 0. The minimum Gasteiger partial charge on any atom is -0.392 e. The highest BCUT2D eigenvalue weighted by molar-refractivity contribution is 7.90. The fourth-order valence-electron chi connectivity index (χ4n) is 3.66. The first-order valence-corrected chi connectivity index (χ1v) is 13.2. The van der Waals surface area contributed by atoms with Crippen LogP contribution in [0.25, 0.3) is 0 Å². The topological polar surface area (TPSA) is 167 Å². The Morgan fingerprint density at radius 3 is 2.24 bits per heavy atom. The second-order valence-corrected chi connectivity index (χ2v) is 11.5. The van der Waals surface area contributed by atoms with Gasteiger partial charge in [0.05, 0.1) is 28.4 Å². The Morgan fingerprint density at radius 2 is 1.76 bits per heavy atom. The zero-order chi connectivity index (χ0) is 26.0. The molecule has 2 rings (SSSR count). The number of hydrogen-bond donors (Lipinski definition) is 3. The number of nitrogens with two attached hydrogens (primary N) is 1. The quantitative estimate of drug-likeness (QED) is 0.488. The van der Waals surface area contributed by atoms with Crippen molar-refractivity contribution in [3.63, 3.8) is 0 Å². The molecule has 0 aromatic heterocycles. The molecular weight excluding hydrogens is 485 g/mol. The number of rotatable bonds is 8. The number of hydrogen-bond acceptors (Lipinski definition) is 7. The number of benzene rings is 2. The third-order valence-corrected chi connectivity index (χ3v) is 7.55. The van der Waals surface area contributed by atoms with Gasteiger partial charge >= 0.3 is 0 Å². The number of primary sulfonamides is 1. The Morgan fingerprint density at radius 1 is 1.15 bits per heavy atom. The van der Waals surface area contributed by atoms with Gasteiger partial charge in [0.1, 0.15) is 11.9 Å². The molecule has 2 aromatic carbocycles. The van der Waals surface area contributed by atoms with Crippen LogP contribution in [-0.4, -0.2) is 27.8 Å². The Hall–Kier alpha value is -2.85. The molecule has 9 nitrogen and oxygen atoms in total. The summed E-state index contributed by atoms with van der Waals surface area (Å²) in [6.45, 7) is 6.21. The van der Waals surface area contributed by atoms with Crippen molar-refractivity contribution >= 4 is 26.0 Å². The van der Waals surface area contributed by atoms with E-state index in [-0.39, 0.29) is 28.5 Å². The van der Waals surface area contributed by atoms with Crippen molar-refractivity contribution < 1.29 is 31.1 Å². The third-order valence-electron chi connectivity index (χ3n) is 5.17. The Kier molecular flexibility index (Phi) is 8.21. The summed E-state index contributed by atoms with van der Waals surface area (Å²) in [4.78, 5) is 11.8. The largest absolute Gasteiger partial charge is 0.392 e. The van der Waals surface area contributed by atoms with Crippen LogP contribution >= 0.6 is 0 Å². The van der Waals surface area contributed by atoms with Crippen molar-refractivity contribution in [1.29, 1.82) is 5.26 Å². The first kappa shape index (κ1) is 27.4. The highest BCUT2D eigenvalue weighted by Gasteiger charge is 2.26. The van der Waals surface area contributed by atoms with Gasteiger partial charge in [0.2, 0.25) is 15.9 Å². The summed E-state index contributed by atoms with van der Waals surface area (Å²) in [5.74, 6) is -2.27. The second kappa shape index (κ2) is 10.2. The molecule has 34 heavy (non-hydrogen) atoms. The number of sulfonamides is 2. The summed E-state index contributed by atoms with van der Waals surface area (Å²) in [7, 11) is -8.66. The van der Waals surface area contributed by atoms with E-state index in [0.717, 1.165) is 18.2 Å². The van der Waals surface area contributed by atoms with Crippen LogP contribution in [0.5, 0.6) is 0 Å². The molecule has 0 unspecified atom stereocenters. The van der Waals surface area contributed by atoms with E-state index in [2.05, 4.69) is 0 Å². The molecule has 0 fully saturated rings. The predicted molar refractivity (Wildman–Crippen MR) is 122 cm³/mol. The van der Waals surface area contributed by atoms with E-state index >= 15 is 0 Å². The molecule has 12 heteroatoms. The molecule has 0 aliphatic rings. The zero-order valence-electron chi connectivity index (χ0n) is 19.1. The Labute approximate surface area is 198 Å². The lowest BCUT2D eigenvalue weighted by molar-refractivity contribution is -0.118. The van der Waals surface area contributed by atoms with Crippen LogP contribution in [0.3, 0.4) is 0 Å². The Bertz CT molecular complexity index is 1380. The van der Waals surface area contributed by atoms with Crippen molar-refractivity contribution in [2.45, 2.75) is 62.3 Å². The SMILES string of the molecule is CC(C)c1cc(C#N)c(F)c(C(C)C)c1CC(=O)NS(=O)(=O)c1ccc(S(N)(=O)=O)c(CO)c1. The van der Waals surface area contributed by atoms with Gasteiger partial charge in [-0.25, -0.2) is 31.1 Å². The molecular formula is C22H26FN3O6S2. The first-order valence-electron chi connectivity index (χ1n) is 10.2. The van der Waals surface area contributed by atoms with Crippen LogP contribution in [0.2, 0.25) is 0 Å². The summed E-state index contributed by atoms with van der Waals surface area (Å²) in [5, 5.41) is 23.8. The summed E-state index contributed by atoms with van der Waals surface area (Å²) in [6, 6.07) is 5.93. The van der Waals surface area contributed by atoms with Crippen LogP contribution < -0.4 is 9.86 Å². The predicted octanol–water partition coefficient (Wildman–Crippen LogP) is 2.13. The highest BCUT2D eigenvalue weighted by Crippen LogP contribution is 2.33. The molecule has 0 saturated heterocycles. The van der Waals surface area contributed by atoms with Crippen molar-refractivity contribution in [2.75, 3.05) is 0 Å². The van der Waals surface area contributed by atoms with Gasteiger partial charge in [-0.2, -0.15) is 5.26 Å². The maximum Gasteiger partial charge on any atom is 0.264 e. The maximum atomic E-state index is 14.9. The number of amides is 1. The number of aliphatic hydroxyl groups is 1. The lowest BCUT2D eigenvalue weighted by atomic mass is 9.85. The van der Waals surface area contributed by atoms with E-state index in [1.54, 1.807) is 27.7 Å². The third kappa shape index (κ3) is 5.79. The Balaban J connectivity index is 2.48. The van der Waals surface area contributed by atoms with E-state index in [4.69, 9.17) is 5.14 Å². The number of carbonyl (C=O) groups excluding carboxylic acids is 1. The van der Waals surface area contributed by atoms with Crippen LogP contribution in [0.4, 0.5) is 4.39 Å². The van der Waals surface area contributed by atoms with E-state index in [0.29, 0.717) is 11.1 Å². The molecule has 0 aliphatic carbocycles. The molecule has 4 N–H and O–H groups in total. The average molecular weight is 512 g/mol. The minimum absolute atomic E-state index is 0.157. The van der Waals surface area contributed by atoms with Crippen LogP contribution in [-0.2, 0) is 37.9 Å². The van der Waals surface area contributed by atoms with Gasteiger partial charge in [0.15, 0.2) is 0 Å². The molecule has 0 saturated carbocycles. The van der Waals surface area contributed by atoms with Gasteiger partial charge in [-0.15, -0.1) is 0 Å². The first-order chi connectivity index (χ1) is 15.6. The van der Waals surface area contributed by atoms with Crippen LogP contribution in [0.15, 0.2) is 34.1 Å². The van der Waals surface area contributed by atoms with Gasteiger partial charge in [-0.3, -0.25) is 4.79 Å². The minimum atomic E-state index is -4.46. The zero-order valence-corrected chi connectivity index (χ0v) is 20.7. The lowest BCUT2D eigenvalue weighted by Gasteiger charge is -2.21. The lowest BCUT2D eigenvalue weighted by Crippen LogP contribution is -2.32. The average Bonchev–Trinajstić information content (AvgIpc) is 2.71. The monoisotopic (exact) mass is 511 g/mol. The second-order valence-electron chi connectivity index (χ2n) is 8.32. The van der Waals surface area contributed by atoms with Gasteiger partial charge in [-0.1, -0.05) is 27.7 Å².